The number of aryl methyl sites for hydroxylation is 1. The van der Waals surface area contributed by atoms with Crippen molar-refractivity contribution in [2.45, 2.75) is 20.8 Å². The van der Waals surface area contributed by atoms with Gasteiger partial charge in [-0.1, -0.05) is 0 Å². The molecule has 1 aliphatic heterocycles. The van der Waals surface area contributed by atoms with Crippen LogP contribution >= 0.6 is 0 Å². The molecule has 0 spiro atoms. The lowest BCUT2D eigenvalue weighted by molar-refractivity contribution is -0.137. The molecule has 1 aromatic rings. The second-order valence-electron chi connectivity index (χ2n) is 4.41. The molecule has 0 saturated carbocycles. The fourth-order valence-corrected chi connectivity index (χ4v) is 1.99. The van der Waals surface area contributed by atoms with Crippen LogP contribution in [0.15, 0.2) is 32.7 Å². The van der Waals surface area contributed by atoms with Gasteiger partial charge in [0.15, 0.2) is 5.78 Å². The lowest BCUT2D eigenvalue weighted by atomic mass is 9.97. The Morgan fingerprint density at radius 3 is 2.40 bits per heavy atom. The first-order valence-corrected chi connectivity index (χ1v) is 5.81. The normalized spacial score (nSPS) is 17.6. The molecule has 0 amide bonds. The molecular formula is C14H12O6. The Balaban J connectivity index is 2.70. The fourth-order valence-electron chi connectivity index (χ4n) is 1.99. The topological polar surface area (TPSA) is 93.8 Å². The number of aromatic hydroxyl groups is 1. The highest BCUT2D eigenvalue weighted by Crippen LogP contribution is 2.28. The molecule has 20 heavy (non-hydrogen) atoms. The first-order chi connectivity index (χ1) is 9.31. The predicted molar refractivity (Wildman–Crippen MR) is 68.8 cm³/mol. The van der Waals surface area contributed by atoms with Gasteiger partial charge in [-0.15, -0.1) is 0 Å². The molecule has 0 aliphatic carbocycles. The minimum Gasteiger partial charge on any atom is -0.507 e. The Bertz CT molecular complexity index is 733. The summed E-state index contributed by atoms with van der Waals surface area (Å²) < 4.78 is 9.71. The lowest BCUT2D eigenvalue weighted by Crippen LogP contribution is -2.22. The number of cyclic esters (lactones) is 1. The molecule has 0 atom stereocenters. The van der Waals surface area contributed by atoms with Crippen LogP contribution in [0.4, 0.5) is 0 Å². The highest BCUT2D eigenvalue weighted by molar-refractivity contribution is 6.28. The van der Waals surface area contributed by atoms with E-state index in [-0.39, 0.29) is 34.0 Å². The third-order valence-electron chi connectivity index (χ3n) is 2.84. The molecule has 1 aliphatic rings. The molecule has 6 heteroatoms. The van der Waals surface area contributed by atoms with E-state index >= 15 is 0 Å². The molecule has 1 aromatic heterocycles. The predicted octanol–water partition coefficient (Wildman–Crippen LogP) is 1.46. The van der Waals surface area contributed by atoms with Gasteiger partial charge in [0, 0.05) is 12.1 Å². The number of carbonyl (C=O) groups is 2. The van der Waals surface area contributed by atoms with Crippen molar-refractivity contribution < 1.29 is 23.8 Å². The largest absolute Gasteiger partial charge is 0.507 e. The SMILES string of the molecule is CC1=CC(=O)/C(=C(\C)c2c(O)cc(C)oc2=O)C(=O)O1. The maximum Gasteiger partial charge on any atom is 0.347 e. The summed E-state index contributed by atoms with van der Waals surface area (Å²) in [6.45, 7) is 4.35. The Morgan fingerprint density at radius 1 is 1.20 bits per heavy atom. The number of carbonyl (C=O) groups excluding carboxylic acids is 2. The number of rotatable bonds is 1. The van der Waals surface area contributed by atoms with E-state index in [1.54, 1.807) is 0 Å². The molecule has 0 unspecified atom stereocenters. The van der Waals surface area contributed by atoms with Crippen molar-refractivity contribution in [3.8, 4) is 5.75 Å². The van der Waals surface area contributed by atoms with Gasteiger partial charge in [-0.05, 0) is 26.3 Å². The average molecular weight is 276 g/mol. The molecule has 0 fully saturated rings. The fraction of sp³-hybridized carbons (Fsp3) is 0.214. The molecule has 2 heterocycles. The minimum atomic E-state index is -0.855. The van der Waals surface area contributed by atoms with Gasteiger partial charge < -0.3 is 14.3 Å². The zero-order chi connectivity index (χ0) is 15.0. The molecule has 2 rings (SSSR count). The van der Waals surface area contributed by atoms with E-state index in [0.29, 0.717) is 0 Å². The van der Waals surface area contributed by atoms with Crippen molar-refractivity contribution in [2.24, 2.45) is 0 Å². The Labute approximate surface area is 114 Å². The second kappa shape index (κ2) is 4.80. The van der Waals surface area contributed by atoms with Crippen molar-refractivity contribution in [1.29, 1.82) is 0 Å². The monoisotopic (exact) mass is 276 g/mol. The van der Waals surface area contributed by atoms with Crippen LogP contribution in [-0.2, 0) is 14.3 Å². The molecule has 0 saturated heterocycles. The standard InChI is InChI=1S/C14H12O6/c1-6-4-9(15)11(13(17)19-6)8(3)12-10(16)5-7(2)20-14(12)18/h4-5,15H,1-3H3/b12-8-. The number of allylic oxidation sites excluding steroid dienone is 3. The van der Waals surface area contributed by atoms with Crippen LogP contribution in [0.2, 0.25) is 0 Å². The zero-order valence-corrected chi connectivity index (χ0v) is 11.1. The summed E-state index contributed by atoms with van der Waals surface area (Å²) in [6.07, 6.45) is 1.15. The highest BCUT2D eigenvalue weighted by Gasteiger charge is 2.29. The van der Waals surface area contributed by atoms with E-state index in [9.17, 15) is 19.5 Å². The van der Waals surface area contributed by atoms with Gasteiger partial charge >= 0.3 is 11.6 Å². The van der Waals surface area contributed by atoms with E-state index < -0.39 is 17.4 Å². The minimum absolute atomic E-state index is 0.0231. The van der Waals surface area contributed by atoms with Crippen LogP contribution in [0, 0.1) is 6.92 Å². The molecule has 0 aromatic carbocycles. The van der Waals surface area contributed by atoms with Crippen molar-refractivity contribution in [3.63, 3.8) is 0 Å². The van der Waals surface area contributed by atoms with Gasteiger partial charge in [0.1, 0.15) is 28.4 Å². The van der Waals surface area contributed by atoms with Gasteiger partial charge in [-0.3, -0.25) is 4.79 Å². The average Bonchev–Trinajstić information content (AvgIpc) is 2.25. The Hall–Kier alpha value is -2.63. The third-order valence-corrected chi connectivity index (χ3v) is 2.84. The smallest absolute Gasteiger partial charge is 0.347 e. The van der Waals surface area contributed by atoms with E-state index in [2.05, 4.69) is 0 Å². The van der Waals surface area contributed by atoms with Crippen LogP contribution in [0.25, 0.3) is 5.57 Å². The summed E-state index contributed by atoms with van der Waals surface area (Å²) >= 11 is 0. The van der Waals surface area contributed by atoms with Crippen LogP contribution in [0.5, 0.6) is 5.75 Å². The maximum atomic E-state index is 11.9. The number of ether oxygens (including phenoxy) is 1. The molecule has 1 N–H and O–H groups in total. The first-order valence-electron chi connectivity index (χ1n) is 5.81. The van der Waals surface area contributed by atoms with Crippen molar-refractivity contribution in [2.75, 3.05) is 0 Å². The van der Waals surface area contributed by atoms with Crippen LogP contribution in [-0.4, -0.2) is 16.9 Å². The van der Waals surface area contributed by atoms with Crippen LogP contribution in [0.1, 0.15) is 25.2 Å². The van der Waals surface area contributed by atoms with E-state index in [0.717, 1.165) is 6.08 Å². The summed E-state index contributed by atoms with van der Waals surface area (Å²) in [5, 5.41) is 9.82. The van der Waals surface area contributed by atoms with Crippen LogP contribution < -0.4 is 5.63 Å². The summed E-state index contributed by atoms with van der Waals surface area (Å²) in [4.78, 5) is 35.4. The number of hydrogen-bond donors (Lipinski definition) is 1. The lowest BCUT2D eigenvalue weighted by Gasteiger charge is -2.14. The third kappa shape index (κ3) is 2.27. The van der Waals surface area contributed by atoms with E-state index in [1.807, 2.05) is 0 Å². The Morgan fingerprint density at radius 2 is 1.85 bits per heavy atom. The number of ketones is 1. The number of esters is 1. The van der Waals surface area contributed by atoms with Crippen LogP contribution in [0.3, 0.4) is 0 Å². The zero-order valence-electron chi connectivity index (χ0n) is 11.1. The maximum absolute atomic E-state index is 11.9. The molecular weight excluding hydrogens is 264 g/mol. The van der Waals surface area contributed by atoms with Gasteiger partial charge in [0.25, 0.3) is 0 Å². The molecule has 0 bridgehead atoms. The van der Waals surface area contributed by atoms with Crippen molar-refractivity contribution >= 4 is 17.3 Å². The van der Waals surface area contributed by atoms with Crippen molar-refractivity contribution in [1.82, 2.24) is 0 Å². The summed E-state index contributed by atoms with van der Waals surface area (Å²) in [5.41, 5.74) is -1.31. The summed E-state index contributed by atoms with van der Waals surface area (Å²) in [5.74, 6) is -1.38. The molecule has 104 valence electrons. The van der Waals surface area contributed by atoms with Crippen molar-refractivity contribution in [3.05, 3.63) is 45.2 Å². The van der Waals surface area contributed by atoms with E-state index in [1.165, 1.54) is 26.8 Å². The van der Waals surface area contributed by atoms with E-state index in [4.69, 9.17) is 9.15 Å². The molecule has 0 radical (unpaired) electrons. The highest BCUT2D eigenvalue weighted by atomic mass is 16.5. The van der Waals surface area contributed by atoms with Gasteiger partial charge in [0.2, 0.25) is 0 Å². The second-order valence-corrected chi connectivity index (χ2v) is 4.41. The summed E-state index contributed by atoms with van der Waals surface area (Å²) in [6, 6.07) is 1.24. The van der Waals surface area contributed by atoms with Gasteiger partial charge in [0.05, 0.1) is 0 Å². The summed E-state index contributed by atoms with van der Waals surface area (Å²) in [7, 11) is 0. The van der Waals surface area contributed by atoms with Gasteiger partial charge in [-0.25, -0.2) is 9.59 Å². The number of hydrogen-bond acceptors (Lipinski definition) is 6. The molecule has 6 nitrogen and oxygen atoms in total. The Kier molecular flexibility index (Phi) is 3.31. The van der Waals surface area contributed by atoms with Gasteiger partial charge in [-0.2, -0.15) is 0 Å². The first kappa shape index (κ1) is 13.8. The quantitative estimate of drug-likeness (QED) is 0.474.